The first kappa shape index (κ1) is 17.4. The van der Waals surface area contributed by atoms with E-state index in [4.69, 9.17) is 4.74 Å². The van der Waals surface area contributed by atoms with Crippen molar-refractivity contribution in [3.05, 3.63) is 28.8 Å². The molecule has 0 aliphatic heterocycles. The van der Waals surface area contributed by atoms with Gasteiger partial charge in [-0.2, -0.15) is 18.4 Å². The number of benzene rings is 1. The summed E-state index contributed by atoms with van der Waals surface area (Å²) in [6.45, 7) is 3.63. The molecule has 0 saturated heterocycles. The zero-order valence-corrected chi connectivity index (χ0v) is 12.4. The molecule has 0 unspecified atom stereocenters. The van der Waals surface area contributed by atoms with Gasteiger partial charge in [0.1, 0.15) is 6.07 Å². The topological polar surface area (TPSA) is 50.1 Å². The van der Waals surface area contributed by atoms with E-state index in [1.807, 2.05) is 6.92 Å². The van der Waals surface area contributed by atoms with Gasteiger partial charge in [0.05, 0.1) is 18.6 Å². The van der Waals surface area contributed by atoms with Crippen LogP contribution in [0.25, 0.3) is 0 Å². The maximum atomic E-state index is 12.5. The number of halogens is 3. The van der Waals surface area contributed by atoms with Crippen LogP contribution in [0.2, 0.25) is 0 Å². The molecule has 0 saturated carbocycles. The average molecular weight is 317 g/mol. The number of nitrogens with zero attached hydrogens (tertiary/aromatic N) is 1. The van der Waals surface area contributed by atoms with Crippen LogP contribution >= 0.6 is 11.8 Å². The molecule has 0 heterocycles. The minimum Gasteiger partial charge on any atom is -0.466 e. The molecule has 0 N–H and O–H groups in total. The second-order valence-electron chi connectivity index (χ2n) is 4.07. The standard InChI is InChI=1S/C14H14F3NO2S/c1-3-9-5-6-12(21-14(15,16)17)11(8-18)10(9)7-13(19)20-4-2/h5-6H,3-4,7H2,1-2H3. The summed E-state index contributed by atoms with van der Waals surface area (Å²) >= 11 is -0.349. The van der Waals surface area contributed by atoms with Crippen LogP contribution in [0.5, 0.6) is 0 Å². The number of nitriles is 1. The Hall–Kier alpha value is -1.68. The smallest absolute Gasteiger partial charge is 0.446 e. The van der Waals surface area contributed by atoms with Crippen molar-refractivity contribution in [2.75, 3.05) is 6.61 Å². The molecule has 1 aromatic rings. The van der Waals surface area contributed by atoms with Gasteiger partial charge in [-0.3, -0.25) is 4.79 Å². The molecule has 0 spiro atoms. The Morgan fingerprint density at radius 2 is 2.05 bits per heavy atom. The Labute approximate surface area is 125 Å². The van der Waals surface area contributed by atoms with Gasteiger partial charge < -0.3 is 4.74 Å². The molecule has 1 aromatic carbocycles. The highest BCUT2D eigenvalue weighted by molar-refractivity contribution is 8.00. The Bertz CT molecular complexity index is 565. The van der Waals surface area contributed by atoms with E-state index in [2.05, 4.69) is 0 Å². The zero-order valence-electron chi connectivity index (χ0n) is 11.6. The van der Waals surface area contributed by atoms with Crippen LogP contribution in [-0.4, -0.2) is 18.1 Å². The van der Waals surface area contributed by atoms with E-state index >= 15 is 0 Å². The Balaban J connectivity index is 3.27. The molecule has 0 radical (unpaired) electrons. The van der Waals surface area contributed by atoms with Crippen LogP contribution in [0.3, 0.4) is 0 Å². The van der Waals surface area contributed by atoms with Gasteiger partial charge in [-0.05, 0) is 42.3 Å². The lowest BCUT2D eigenvalue weighted by Crippen LogP contribution is -2.12. The highest BCUT2D eigenvalue weighted by Crippen LogP contribution is 2.40. The van der Waals surface area contributed by atoms with Crippen molar-refractivity contribution < 1.29 is 22.7 Å². The van der Waals surface area contributed by atoms with Gasteiger partial charge in [-0.25, -0.2) is 0 Å². The first-order valence-corrected chi connectivity index (χ1v) is 7.10. The molecule has 21 heavy (non-hydrogen) atoms. The van der Waals surface area contributed by atoms with Gasteiger partial charge in [0.25, 0.3) is 0 Å². The van der Waals surface area contributed by atoms with Crippen molar-refractivity contribution in [3.63, 3.8) is 0 Å². The quantitative estimate of drug-likeness (QED) is 0.611. The predicted octanol–water partition coefficient (Wildman–Crippen LogP) is 3.84. The molecule has 3 nitrogen and oxygen atoms in total. The van der Waals surface area contributed by atoms with Crippen molar-refractivity contribution in [1.29, 1.82) is 5.26 Å². The number of carbonyl (C=O) groups is 1. The van der Waals surface area contributed by atoms with Crippen molar-refractivity contribution in [1.82, 2.24) is 0 Å². The summed E-state index contributed by atoms with van der Waals surface area (Å²) in [7, 11) is 0. The summed E-state index contributed by atoms with van der Waals surface area (Å²) in [5.41, 5.74) is -3.61. The van der Waals surface area contributed by atoms with Crippen LogP contribution in [0.1, 0.15) is 30.5 Å². The largest absolute Gasteiger partial charge is 0.466 e. The summed E-state index contributed by atoms with van der Waals surface area (Å²) < 4.78 is 42.4. The number of carbonyl (C=O) groups excluding carboxylic acids is 1. The zero-order chi connectivity index (χ0) is 16.0. The fourth-order valence-corrected chi connectivity index (χ4v) is 2.55. The SMILES string of the molecule is CCOC(=O)Cc1c(CC)ccc(SC(F)(F)F)c1C#N. The van der Waals surface area contributed by atoms with E-state index in [9.17, 15) is 23.2 Å². The van der Waals surface area contributed by atoms with Crippen LogP contribution in [0.15, 0.2) is 17.0 Å². The fourth-order valence-electron chi connectivity index (χ4n) is 1.89. The first-order valence-electron chi connectivity index (χ1n) is 6.28. The van der Waals surface area contributed by atoms with Gasteiger partial charge in [0.15, 0.2) is 0 Å². The van der Waals surface area contributed by atoms with E-state index in [0.717, 1.165) is 0 Å². The van der Waals surface area contributed by atoms with Crippen molar-refractivity contribution in [2.45, 2.75) is 37.1 Å². The average Bonchev–Trinajstić information content (AvgIpc) is 2.37. The summed E-state index contributed by atoms with van der Waals surface area (Å²) in [6.07, 6.45) is 0.312. The van der Waals surface area contributed by atoms with Crippen molar-refractivity contribution in [2.24, 2.45) is 0 Å². The van der Waals surface area contributed by atoms with E-state index < -0.39 is 11.5 Å². The number of esters is 1. The summed E-state index contributed by atoms with van der Waals surface area (Å²) in [6, 6.07) is 4.57. The van der Waals surface area contributed by atoms with Gasteiger partial charge >= 0.3 is 11.5 Å². The first-order chi connectivity index (χ1) is 9.82. The third kappa shape index (κ3) is 4.97. The number of alkyl halides is 3. The van der Waals surface area contributed by atoms with Crippen molar-refractivity contribution >= 4 is 17.7 Å². The molecule has 1 rings (SSSR count). The minimum absolute atomic E-state index is 0.107. The van der Waals surface area contributed by atoms with Crippen LogP contribution in [0.4, 0.5) is 13.2 Å². The van der Waals surface area contributed by atoms with E-state index in [1.165, 1.54) is 12.1 Å². The molecule has 114 valence electrons. The highest BCUT2D eigenvalue weighted by atomic mass is 32.2. The van der Waals surface area contributed by atoms with Gasteiger partial charge in [-0.15, -0.1) is 0 Å². The molecular weight excluding hydrogens is 303 g/mol. The van der Waals surface area contributed by atoms with E-state index in [1.54, 1.807) is 13.0 Å². The molecular formula is C14H14F3NO2S. The Morgan fingerprint density at radius 3 is 2.52 bits per heavy atom. The summed E-state index contributed by atoms with van der Waals surface area (Å²) in [4.78, 5) is 11.4. The molecule has 0 fully saturated rings. The minimum atomic E-state index is -4.49. The number of aryl methyl sites for hydroxylation is 1. The normalized spacial score (nSPS) is 11.0. The third-order valence-corrected chi connectivity index (χ3v) is 3.51. The highest BCUT2D eigenvalue weighted by Gasteiger charge is 2.31. The monoisotopic (exact) mass is 317 g/mol. The number of ether oxygens (including phenoxy) is 1. The lowest BCUT2D eigenvalue weighted by molar-refractivity contribution is -0.142. The molecule has 0 aliphatic rings. The fraction of sp³-hybridized carbons (Fsp3) is 0.429. The van der Waals surface area contributed by atoms with Crippen LogP contribution < -0.4 is 0 Å². The van der Waals surface area contributed by atoms with Crippen LogP contribution in [0, 0.1) is 11.3 Å². The molecule has 0 bridgehead atoms. The van der Waals surface area contributed by atoms with Gasteiger partial charge in [0.2, 0.25) is 0 Å². The number of hydrogen-bond donors (Lipinski definition) is 0. The van der Waals surface area contributed by atoms with Gasteiger partial charge in [0, 0.05) is 4.90 Å². The number of rotatable bonds is 5. The molecule has 0 amide bonds. The van der Waals surface area contributed by atoms with Crippen LogP contribution in [-0.2, 0) is 22.4 Å². The second kappa shape index (κ2) is 7.36. The molecule has 0 aromatic heterocycles. The maximum absolute atomic E-state index is 12.5. The number of hydrogen-bond acceptors (Lipinski definition) is 4. The Morgan fingerprint density at radius 1 is 1.38 bits per heavy atom. The summed E-state index contributed by atoms with van der Waals surface area (Å²) in [5, 5.41) is 9.18. The molecule has 7 heteroatoms. The molecule has 0 atom stereocenters. The van der Waals surface area contributed by atoms with E-state index in [0.29, 0.717) is 17.5 Å². The number of thioether (sulfide) groups is 1. The predicted molar refractivity (Wildman–Crippen MR) is 72.8 cm³/mol. The van der Waals surface area contributed by atoms with Gasteiger partial charge in [-0.1, -0.05) is 13.0 Å². The second-order valence-corrected chi connectivity index (χ2v) is 5.18. The lowest BCUT2D eigenvalue weighted by Gasteiger charge is -2.14. The maximum Gasteiger partial charge on any atom is 0.446 e. The lowest BCUT2D eigenvalue weighted by atomic mass is 9.97. The summed E-state index contributed by atoms with van der Waals surface area (Å²) in [5.74, 6) is -0.558. The van der Waals surface area contributed by atoms with E-state index in [-0.39, 0.29) is 35.2 Å². The Kier molecular flexibility index (Phi) is 6.09. The third-order valence-electron chi connectivity index (χ3n) is 2.72. The molecule has 0 aliphatic carbocycles. The van der Waals surface area contributed by atoms with Crippen molar-refractivity contribution in [3.8, 4) is 6.07 Å².